The molecule has 18 heavy (non-hydrogen) atoms. The summed E-state index contributed by atoms with van der Waals surface area (Å²) in [5, 5.41) is 9.88. The maximum Gasteiger partial charge on any atom is 0.0670 e. The van der Waals surface area contributed by atoms with Gasteiger partial charge in [-0.05, 0) is 34.9 Å². The zero-order chi connectivity index (χ0) is 12.4. The lowest BCUT2D eigenvalue weighted by Crippen LogP contribution is -1.80. The summed E-state index contributed by atoms with van der Waals surface area (Å²) in [6, 6.07) is 12.4. The average molecular weight is 233 g/mol. The van der Waals surface area contributed by atoms with Crippen molar-refractivity contribution in [2.45, 2.75) is 6.42 Å². The Morgan fingerprint density at radius 1 is 1.11 bits per heavy atom. The molecule has 0 amide bonds. The number of benzene rings is 1. The van der Waals surface area contributed by atoms with Crippen molar-refractivity contribution in [1.29, 1.82) is 5.26 Å². The van der Waals surface area contributed by atoms with Gasteiger partial charge in [0.15, 0.2) is 0 Å². The molecule has 0 unspecified atom stereocenters. The van der Waals surface area contributed by atoms with E-state index in [-0.39, 0.29) is 0 Å². The fraction of sp³-hybridized carbons (Fsp3) is 0.0667. The van der Waals surface area contributed by atoms with Gasteiger partial charge >= 0.3 is 0 Å². The molecule has 0 atom stereocenters. The second-order valence-corrected chi connectivity index (χ2v) is 4.15. The number of nitrogens with one attached hydrogen (secondary N) is 1. The Kier molecular flexibility index (Phi) is 2.54. The van der Waals surface area contributed by atoms with Crippen LogP contribution in [0.15, 0.2) is 48.9 Å². The average Bonchev–Trinajstić information content (AvgIpc) is 2.83. The third kappa shape index (κ3) is 1.74. The fourth-order valence-electron chi connectivity index (χ4n) is 2.14. The maximum absolute atomic E-state index is 8.76. The molecule has 3 rings (SSSR count). The van der Waals surface area contributed by atoms with Crippen LogP contribution in [0, 0.1) is 11.3 Å². The second-order valence-electron chi connectivity index (χ2n) is 4.15. The molecule has 0 saturated heterocycles. The first kappa shape index (κ1) is 10.5. The topological polar surface area (TPSA) is 52.5 Å². The maximum atomic E-state index is 8.76. The minimum absolute atomic E-state index is 0.439. The number of pyridine rings is 1. The minimum atomic E-state index is 0.439. The molecule has 1 N–H and O–H groups in total. The van der Waals surface area contributed by atoms with E-state index in [1.165, 1.54) is 0 Å². The molecular formula is C15H11N3. The largest absolute Gasteiger partial charge is 0.361 e. The number of fused-ring (bicyclic) bond motifs is 1. The Labute approximate surface area is 105 Å². The number of aromatic amines is 1. The van der Waals surface area contributed by atoms with Crippen LogP contribution >= 0.6 is 0 Å². The number of hydrogen-bond acceptors (Lipinski definition) is 2. The van der Waals surface area contributed by atoms with Crippen molar-refractivity contribution in [3.8, 4) is 17.2 Å². The van der Waals surface area contributed by atoms with Gasteiger partial charge in [-0.2, -0.15) is 5.26 Å². The highest BCUT2D eigenvalue weighted by Gasteiger charge is 2.05. The molecule has 2 aromatic heterocycles. The van der Waals surface area contributed by atoms with Gasteiger partial charge in [0, 0.05) is 29.5 Å². The van der Waals surface area contributed by atoms with E-state index in [1.807, 2.05) is 18.3 Å². The van der Waals surface area contributed by atoms with Crippen LogP contribution in [0.1, 0.15) is 5.56 Å². The van der Waals surface area contributed by atoms with E-state index in [9.17, 15) is 0 Å². The molecule has 0 aliphatic carbocycles. The normalized spacial score (nSPS) is 10.4. The van der Waals surface area contributed by atoms with Gasteiger partial charge in [-0.3, -0.25) is 4.98 Å². The fourth-order valence-corrected chi connectivity index (χ4v) is 2.14. The van der Waals surface area contributed by atoms with Crippen molar-refractivity contribution >= 4 is 10.9 Å². The predicted octanol–water partition coefficient (Wildman–Crippen LogP) is 3.30. The van der Waals surface area contributed by atoms with E-state index in [0.29, 0.717) is 6.42 Å². The SMILES string of the molecule is N#CCc1c[nH]c2cc(-c3ccncc3)ccc12. The molecule has 0 aliphatic heterocycles. The summed E-state index contributed by atoms with van der Waals surface area (Å²) >= 11 is 0. The second kappa shape index (κ2) is 4.34. The van der Waals surface area contributed by atoms with Crippen molar-refractivity contribution in [2.75, 3.05) is 0 Å². The molecule has 3 nitrogen and oxygen atoms in total. The predicted molar refractivity (Wildman–Crippen MR) is 70.8 cm³/mol. The van der Waals surface area contributed by atoms with E-state index in [1.54, 1.807) is 12.4 Å². The molecule has 3 heteroatoms. The van der Waals surface area contributed by atoms with Crippen LogP contribution in [0.4, 0.5) is 0 Å². The third-order valence-corrected chi connectivity index (χ3v) is 3.05. The van der Waals surface area contributed by atoms with E-state index < -0.39 is 0 Å². The summed E-state index contributed by atoms with van der Waals surface area (Å²) in [7, 11) is 0. The van der Waals surface area contributed by atoms with Gasteiger partial charge in [0.05, 0.1) is 12.5 Å². The number of nitriles is 1. The lowest BCUT2D eigenvalue weighted by Gasteiger charge is -2.01. The molecule has 86 valence electrons. The third-order valence-electron chi connectivity index (χ3n) is 3.05. The quantitative estimate of drug-likeness (QED) is 0.738. The number of aromatic nitrogens is 2. The Morgan fingerprint density at radius 2 is 1.94 bits per heavy atom. The zero-order valence-electron chi connectivity index (χ0n) is 9.72. The van der Waals surface area contributed by atoms with Crippen molar-refractivity contribution in [1.82, 2.24) is 9.97 Å². The number of rotatable bonds is 2. The van der Waals surface area contributed by atoms with Gasteiger partial charge in [0.1, 0.15) is 0 Å². The van der Waals surface area contributed by atoms with E-state index >= 15 is 0 Å². The van der Waals surface area contributed by atoms with Gasteiger partial charge in [0.25, 0.3) is 0 Å². The molecule has 0 fully saturated rings. The van der Waals surface area contributed by atoms with E-state index in [0.717, 1.165) is 27.6 Å². The van der Waals surface area contributed by atoms with Gasteiger partial charge in [-0.1, -0.05) is 12.1 Å². The molecule has 1 aromatic carbocycles. The molecule has 0 saturated carbocycles. The highest BCUT2D eigenvalue weighted by Crippen LogP contribution is 2.25. The van der Waals surface area contributed by atoms with Crippen LogP contribution in [0.5, 0.6) is 0 Å². The van der Waals surface area contributed by atoms with Gasteiger partial charge in [-0.15, -0.1) is 0 Å². The van der Waals surface area contributed by atoms with Crippen LogP contribution in [-0.2, 0) is 6.42 Å². The Morgan fingerprint density at radius 3 is 2.72 bits per heavy atom. The van der Waals surface area contributed by atoms with Gasteiger partial charge in [0.2, 0.25) is 0 Å². The summed E-state index contributed by atoms with van der Waals surface area (Å²) < 4.78 is 0. The van der Waals surface area contributed by atoms with E-state index in [4.69, 9.17) is 5.26 Å². The smallest absolute Gasteiger partial charge is 0.0670 e. The molecular weight excluding hydrogens is 222 g/mol. The standard InChI is InChI=1S/C15H11N3/c16-6-3-13-10-18-15-9-12(1-2-14(13)15)11-4-7-17-8-5-11/h1-2,4-5,7-10,18H,3H2. The van der Waals surface area contributed by atoms with Crippen molar-refractivity contribution in [3.05, 3.63) is 54.5 Å². The first-order valence-corrected chi connectivity index (χ1v) is 5.76. The van der Waals surface area contributed by atoms with Crippen LogP contribution in [0.2, 0.25) is 0 Å². The monoisotopic (exact) mass is 233 g/mol. The lowest BCUT2D eigenvalue weighted by atomic mass is 10.0. The summed E-state index contributed by atoms with van der Waals surface area (Å²) in [5.41, 5.74) is 4.40. The Bertz CT molecular complexity index is 720. The summed E-state index contributed by atoms with van der Waals surface area (Å²) in [4.78, 5) is 7.23. The first-order valence-electron chi connectivity index (χ1n) is 5.76. The van der Waals surface area contributed by atoms with Crippen molar-refractivity contribution in [3.63, 3.8) is 0 Å². The zero-order valence-corrected chi connectivity index (χ0v) is 9.72. The van der Waals surface area contributed by atoms with Crippen molar-refractivity contribution in [2.24, 2.45) is 0 Å². The number of nitrogens with zero attached hydrogens (tertiary/aromatic N) is 2. The first-order chi connectivity index (χ1) is 8.88. The molecule has 0 bridgehead atoms. The van der Waals surface area contributed by atoms with E-state index in [2.05, 4.69) is 34.2 Å². The number of hydrogen-bond donors (Lipinski definition) is 1. The molecule has 0 spiro atoms. The highest BCUT2D eigenvalue weighted by molar-refractivity contribution is 5.87. The van der Waals surface area contributed by atoms with Crippen LogP contribution in [0.25, 0.3) is 22.0 Å². The minimum Gasteiger partial charge on any atom is -0.361 e. The lowest BCUT2D eigenvalue weighted by molar-refractivity contribution is 1.28. The highest BCUT2D eigenvalue weighted by atomic mass is 14.7. The molecule has 3 aromatic rings. The van der Waals surface area contributed by atoms with Gasteiger partial charge < -0.3 is 4.98 Å². The van der Waals surface area contributed by atoms with Crippen LogP contribution in [0.3, 0.4) is 0 Å². The summed E-state index contributed by atoms with van der Waals surface area (Å²) in [5.74, 6) is 0. The van der Waals surface area contributed by atoms with Crippen LogP contribution < -0.4 is 0 Å². The molecule has 2 heterocycles. The molecule has 0 radical (unpaired) electrons. The summed E-state index contributed by atoms with van der Waals surface area (Å²) in [6.45, 7) is 0. The number of H-pyrrole nitrogens is 1. The Balaban J connectivity index is 2.11. The summed E-state index contributed by atoms with van der Waals surface area (Å²) in [6.07, 6.45) is 5.92. The van der Waals surface area contributed by atoms with Gasteiger partial charge in [-0.25, -0.2) is 0 Å². The van der Waals surface area contributed by atoms with Crippen molar-refractivity contribution < 1.29 is 0 Å². The van der Waals surface area contributed by atoms with Crippen LogP contribution in [-0.4, -0.2) is 9.97 Å². The Hall–Kier alpha value is -2.60. The molecule has 0 aliphatic rings.